The highest BCUT2D eigenvalue weighted by Gasteiger charge is 2.20. The Morgan fingerprint density at radius 3 is 2.42 bits per heavy atom. The van der Waals surface area contributed by atoms with Crippen LogP contribution in [0.1, 0.15) is 24.5 Å². The summed E-state index contributed by atoms with van der Waals surface area (Å²) in [4.78, 5) is 0. The number of rotatable bonds is 7. The number of halogens is 1. The number of nitriles is 1. The van der Waals surface area contributed by atoms with E-state index in [9.17, 15) is 8.42 Å². The summed E-state index contributed by atoms with van der Waals surface area (Å²) in [6, 6.07) is 8.96. The molecule has 0 aliphatic rings. The van der Waals surface area contributed by atoms with E-state index in [-0.39, 0.29) is 11.6 Å². The smallest absolute Gasteiger partial charge is 0.212 e. The topological polar surface area (TPSA) is 61.2 Å². The van der Waals surface area contributed by atoms with Crippen molar-refractivity contribution in [2.24, 2.45) is 0 Å². The zero-order valence-electron chi connectivity index (χ0n) is 10.8. The number of sulfonamides is 1. The average Bonchev–Trinajstić information content (AvgIpc) is 2.39. The van der Waals surface area contributed by atoms with Crippen LogP contribution in [0.25, 0.3) is 0 Å². The minimum atomic E-state index is -3.31. The number of benzene rings is 1. The van der Waals surface area contributed by atoms with Gasteiger partial charge in [-0.05, 0) is 24.1 Å². The zero-order chi connectivity index (χ0) is 14.3. The van der Waals surface area contributed by atoms with Crippen molar-refractivity contribution in [1.29, 1.82) is 5.26 Å². The first kappa shape index (κ1) is 16.0. The molecule has 1 aromatic carbocycles. The molecule has 0 aliphatic heterocycles. The summed E-state index contributed by atoms with van der Waals surface area (Å²) in [5, 5.41) is 8.72. The maximum Gasteiger partial charge on any atom is 0.215 e. The van der Waals surface area contributed by atoms with Crippen LogP contribution in [0.5, 0.6) is 0 Å². The van der Waals surface area contributed by atoms with Crippen molar-refractivity contribution >= 4 is 21.6 Å². The SMILES string of the molecule is CCCN(Cc1ccc(C#N)cc1)S(=O)(=O)CCCl. The van der Waals surface area contributed by atoms with Gasteiger partial charge in [-0.1, -0.05) is 19.1 Å². The predicted molar refractivity (Wildman–Crippen MR) is 76.4 cm³/mol. The van der Waals surface area contributed by atoms with Crippen molar-refractivity contribution in [3.05, 3.63) is 35.4 Å². The van der Waals surface area contributed by atoms with Gasteiger partial charge < -0.3 is 0 Å². The molecule has 0 atom stereocenters. The summed E-state index contributed by atoms with van der Waals surface area (Å²) in [6.07, 6.45) is 0.748. The molecule has 1 aromatic rings. The van der Waals surface area contributed by atoms with Crippen molar-refractivity contribution in [2.75, 3.05) is 18.2 Å². The van der Waals surface area contributed by atoms with Crippen molar-refractivity contribution in [2.45, 2.75) is 19.9 Å². The van der Waals surface area contributed by atoms with Gasteiger partial charge in [-0.15, -0.1) is 11.6 Å². The van der Waals surface area contributed by atoms with E-state index in [1.165, 1.54) is 4.31 Å². The molecule has 0 saturated heterocycles. The van der Waals surface area contributed by atoms with E-state index < -0.39 is 10.0 Å². The van der Waals surface area contributed by atoms with E-state index in [1.54, 1.807) is 24.3 Å². The minimum absolute atomic E-state index is 0.0508. The van der Waals surface area contributed by atoms with Gasteiger partial charge in [0.05, 0.1) is 17.4 Å². The van der Waals surface area contributed by atoms with Crippen LogP contribution in [-0.2, 0) is 16.6 Å². The molecule has 0 bridgehead atoms. The monoisotopic (exact) mass is 300 g/mol. The second-order valence-corrected chi connectivity index (χ2v) is 6.61. The zero-order valence-corrected chi connectivity index (χ0v) is 12.4. The maximum atomic E-state index is 12.0. The van der Waals surface area contributed by atoms with Crippen LogP contribution in [0.2, 0.25) is 0 Å². The van der Waals surface area contributed by atoms with Crippen LogP contribution in [0.15, 0.2) is 24.3 Å². The van der Waals surface area contributed by atoms with E-state index in [0.29, 0.717) is 18.7 Å². The molecule has 0 spiro atoms. The van der Waals surface area contributed by atoms with Crippen LogP contribution in [0, 0.1) is 11.3 Å². The van der Waals surface area contributed by atoms with Gasteiger partial charge >= 0.3 is 0 Å². The first-order valence-corrected chi connectivity index (χ1v) is 8.20. The Morgan fingerprint density at radius 1 is 1.32 bits per heavy atom. The number of alkyl halides is 1. The van der Waals surface area contributed by atoms with Gasteiger partial charge in [-0.3, -0.25) is 0 Å². The fourth-order valence-electron chi connectivity index (χ4n) is 1.68. The quantitative estimate of drug-likeness (QED) is 0.726. The lowest BCUT2D eigenvalue weighted by Crippen LogP contribution is -2.33. The third-order valence-corrected chi connectivity index (χ3v) is 4.88. The number of hydrogen-bond acceptors (Lipinski definition) is 3. The van der Waals surface area contributed by atoms with Gasteiger partial charge in [0, 0.05) is 19.0 Å². The molecule has 0 fully saturated rings. The summed E-state index contributed by atoms with van der Waals surface area (Å²) >= 11 is 5.53. The minimum Gasteiger partial charge on any atom is -0.212 e. The van der Waals surface area contributed by atoms with Gasteiger partial charge in [0.15, 0.2) is 0 Å². The lowest BCUT2D eigenvalue weighted by molar-refractivity contribution is 0.406. The van der Waals surface area contributed by atoms with Crippen LogP contribution >= 0.6 is 11.6 Å². The highest BCUT2D eigenvalue weighted by molar-refractivity contribution is 7.89. The molecule has 0 unspecified atom stereocenters. The van der Waals surface area contributed by atoms with E-state index in [4.69, 9.17) is 16.9 Å². The molecule has 0 aromatic heterocycles. The standard InChI is InChI=1S/C13H17ClN2O2S/c1-2-8-16(19(17,18)9-7-14)11-13-5-3-12(10-15)4-6-13/h3-6H,2,7-9,11H2,1H3. The van der Waals surface area contributed by atoms with Crippen molar-refractivity contribution in [3.8, 4) is 6.07 Å². The van der Waals surface area contributed by atoms with Crippen LogP contribution in [0.4, 0.5) is 0 Å². The summed E-state index contributed by atoms with van der Waals surface area (Å²) in [6.45, 7) is 2.72. The van der Waals surface area contributed by atoms with E-state index in [0.717, 1.165) is 12.0 Å². The Hall–Kier alpha value is -1.09. The van der Waals surface area contributed by atoms with E-state index >= 15 is 0 Å². The van der Waals surface area contributed by atoms with Gasteiger partial charge in [0.25, 0.3) is 0 Å². The molecule has 0 aliphatic carbocycles. The van der Waals surface area contributed by atoms with Crippen molar-refractivity contribution in [1.82, 2.24) is 4.31 Å². The maximum absolute atomic E-state index is 12.0. The molecule has 4 nitrogen and oxygen atoms in total. The largest absolute Gasteiger partial charge is 0.215 e. The Bertz CT molecular complexity index is 535. The molecule has 0 amide bonds. The second kappa shape index (κ2) is 7.49. The molecule has 0 radical (unpaired) electrons. The molecule has 0 saturated carbocycles. The summed E-state index contributed by atoms with van der Waals surface area (Å²) < 4.78 is 25.5. The summed E-state index contributed by atoms with van der Waals surface area (Å²) in [5.74, 6) is 0.0424. The van der Waals surface area contributed by atoms with Gasteiger partial charge in [-0.2, -0.15) is 9.57 Å². The molecule has 1 rings (SSSR count). The normalized spacial score (nSPS) is 11.5. The molecular weight excluding hydrogens is 284 g/mol. The summed E-state index contributed by atoms with van der Waals surface area (Å²) in [5.41, 5.74) is 1.43. The van der Waals surface area contributed by atoms with Crippen molar-refractivity contribution in [3.63, 3.8) is 0 Å². The summed E-state index contributed by atoms with van der Waals surface area (Å²) in [7, 11) is -3.31. The molecule has 0 heterocycles. The number of nitrogens with zero attached hydrogens (tertiary/aromatic N) is 2. The van der Waals surface area contributed by atoms with Gasteiger partial charge in [0.2, 0.25) is 10.0 Å². The van der Waals surface area contributed by atoms with E-state index in [1.807, 2.05) is 13.0 Å². The lowest BCUT2D eigenvalue weighted by atomic mass is 10.1. The third-order valence-electron chi connectivity index (χ3n) is 2.64. The molecule has 0 N–H and O–H groups in total. The molecule has 104 valence electrons. The number of hydrogen-bond donors (Lipinski definition) is 0. The Balaban J connectivity index is 2.86. The van der Waals surface area contributed by atoms with Crippen LogP contribution < -0.4 is 0 Å². The highest BCUT2D eigenvalue weighted by atomic mass is 35.5. The highest BCUT2D eigenvalue weighted by Crippen LogP contribution is 2.12. The molecular formula is C13H17ClN2O2S. The fraction of sp³-hybridized carbons (Fsp3) is 0.462. The predicted octanol–water partition coefficient (Wildman–Crippen LogP) is 2.34. The Kier molecular flexibility index (Phi) is 6.29. The van der Waals surface area contributed by atoms with Crippen LogP contribution in [-0.4, -0.2) is 30.9 Å². The van der Waals surface area contributed by atoms with Crippen molar-refractivity contribution < 1.29 is 8.42 Å². The first-order valence-electron chi connectivity index (χ1n) is 6.06. The van der Waals surface area contributed by atoms with Gasteiger partial charge in [-0.25, -0.2) is 8.42 Å². The van der Waals surface area contributed by atoms with Gasteiger partial charge in [0.1, 0.15) is 0 Å². The third kappa shape index (κ3) is 4.83. The Labute approximate surface area is 119 Å². The fourth-order valence-corrected chi connectivity index (χ4v) is 3.53. The average molecular weight is 301 g/mol. The lowest BCUT2D eigenvalue weighted by Gasteiger charge is -2.21. The Morgan fingerprint density at radius 2 is 1.95 bits per heavy atom. The van der Waals surface area contributed by atoms with Crippen LogP contribution in [0.3, 0.4) is 0 Å². The molecule has 19 heavy (non-hydrogen) atoms. The van der Waals surface area contributed by atoms with E-state index in [2.05, 4.69) is 0 Å². The second-order valence-electron chi connectivity index (χ2n) is 4.15. The molecule has 6 heteroatoms. The first-order chi connectivity index (χ1) is 9.03.